The van der Waals surface area contributed by atoms with Crippen molar-refractivity contribution in [1.29, 1.82) is 0 Å². The first-order chi connectivity index (χ1) is 8.17. The van der Waals surface area contributed by atoms with Crippen molar-refractivity contribution in [2.45, 2.75) is 18.8 Å². The Hall–Kier alpha value is -1.71. The largest absolute Gasteiger partial charge is 0.493 e. The number of aliphatic carboxylic acids is 1. The molecular weight excluding hydrogens is 220 g/mol. The first kappa shape index (κ1) is 11.8. The summed E-state index contributed by atoms with van der Waals surface area (Å²) in [5.41, 5.74) is 0.789. The molecule has 1 aliphatic carbocycles. The molecule has 0 aromatic heterocycles. The molecule has 1 saturated carbocycles. The van der Waals surface area contributed by atoms with Gasteiger partial charge in [0.25, 0.3) is 0 Å². The van der Waals surface area contributed by atoms with Gasteiger partial charge in [-0.1, -0.05) is 6.07 Å². The summed E-state index contributed by atoms with van der Waals surface area (Å²) < 4.78 is 10.3. The van der Waals surface area contributed by atoms with Crippen LogP contribution in [0.15, 0.2) is 18.2 Å². The maximum atomic E-state index is 11.3. The lowest BCUT2D eigenvalue weighted by atomic mass is 9.94. The number of methoxy groups -OCH3 is 2. The van der Waals surface area contributed by atoms with Crippen LogP contribution in [0.3, 0.4) is 0 Å². The predicted octanol–water partition coefficient (Wildman–Crippen LogP) is 2.28. The van der Waals surface area contributed by atoms with E-state index in [0.29, 0.717) is 11.5 Å². The van der Waals surface area contributed by atoms with Gasteiger partial charge in [0, 0.05) is 0 Å². The first-order valence-electron chi connectivity index (χ1n) is 5.62. The number of hydrogen-bond acceptors (Lipinski definition) is 3. The quantitative estimate of drug-likeness (QED) is 0.852. The van der Waals surface area contributed by atoms with Crippen molar-refractivity contribution in [2.24, 2.45) is 5.92 Å². The van der Waals surface area contributed by atoms with E-state index in [-0.39, 0.29) is 5.92 Å². The molecule has 1 fully saturated rings. The highest BCUT2D eigenvalue weighted by atomic mass is 16.5. The summed E-state index contributed by atoms with van der Waals surface area (Å²) in [7, 11) is 3.11. The molecule has 4 nitrogen and oxygen atoms in total. The third kappa shape index (κ3) is 2.35. The zero-order valence-corrected chi connectivity index (χ0v) is 9.97. The van der Waals surface area contributed by atoms with Gasteiger partial charge in [0.2, 0.25) is 0 Å². The van der Waals surface area contributed by atoms with Crippen LogP contribution in [-0.2, 0) is 4.79 Å². The summed E-state index contributed by atoms with van der Waals surface area (Å²) in [4.78, 5) is 11.3. The lowest BCUT2D eigenvalue weighted by Gasteiger charge is -2.14. The van der Waals surface area contributed by atoms with E-state index in [0.717, 1.165) is 18.4 Å². The van der Waals surface area contributed by atoms with Crippen molar-refractivity contribution in [1.82, 2.24) is 0 Å². The van der Waals surface area contributed by atoms with Crippen LogP contribution in [0.25, 0.3) is 0 Å². The predicted molar refractivity (Wildman–Crippen MR) is 62.6 cm³/mol. The fourth-order valence-corrected chi connectivity index (χ4v) is 2.09. The second kappa shape index (κ2) is 4.65. The Morgan fingerprint density at radius 3 is 2.41 bits per heavy atom. The smallest absolute Gasteiger partial charge is 0.311 e. The number of carbonyl (C=O) groups is 1. The fourth-order valence-electron chi connectivity index (χ4n) is 2.09. The van der Waals surface area contributed by atoms with E-state index in [2.05, 4.69) is 0 Å². The zero-order chi connectivity index (χ0) is 12.4. The Kier molecular flexibility index (Phi) is 3.22. The van der Waals surface area contributed by atoms with Gasteiger partial charge >= 0.3 is 5.97 Å². The maximum Gasteiger partial charge on any atom is 0.311 e. The van der Waals surface area contributed by atoms with Crippen LogP contribution in [-0.4, -0.2) is 25.3 Å². The number of carboxylic acid groups (broad SMARTS) is 1. The topological polar surface area (TPSA) is 55.8 Å². The highest BCUT2D eigenvalue weighted by molar-refractivity contribution is 5.77. The summed E-state index contributed by atoms with van der Waals surface area (Å²) in [6.07, 6.45) is 1.98. The normalized spacial score (nSPS) is 16.4. The van der Waals surface area contributed by atoms with Crippen LogP contribution >= 0.6 is 0 Å². The van der Waals surface area contributed by atoms with Gasteiger partial charge < -0.3 is 14.6 Å². The molecule has 1 aromatic carbocycles. The molecule has 0 saturated heterocycles. The van der Waals surface area contributed by atoms with Gasteiger partial charge in [0.05, 0.1) is 20.1 Å². The van der Waals surface area contributed by atoms with E-state index in [9.17, 15) is 9.90 Å². The van der Waals surface area contributed by atoms with Crippen molar-refractivity contribution >= 4 is 5.97 Å². The third-order valence-corrected chi connectivity index (χ3v) is 3.13. The van der Waals surface area contributed by atoms with Crippen LogP contribution < -0.4 is 9.47 Å². The number of ether oxygens (including phenoxy) is 2. The Morgan fingerprint density at radius 1 is 1.29 bits per heavy atom. The average molecular weight is 236 g/mol. The van der Waals surface area contributed by atoms with Gasteiger partial charge in [0.15, 0.2) is 11.5 Å². The monoisotopic (exact) mass is 236 g/mol. The molecule has 4 heteroatoms. The van der Waals surface area contributed by atoms with E-state index < -0.39 is 11.9 Å². The molecule has 92 valence electrons. The minimum absolute atomic E-state index is 0.269. The van der Waals surface area contributed by atoms with Crippen LogP contribution in [0, 0.1) is 5.92 Å². The fraction of sp³-hybridized carbons (Fsp3) is 0.462. The van der Waals surface area contributed by atoms with Gasteiger partial charge in [-0.2, -0.15) is 0 Å². The van der Waals surface area contributed by atoms with E-state index in [4.69, 9.17) is 9.47 Å². The molecule has 1 aromatic rings. The van der Waals surface area contributed by atoms with Gasteiger partial charge in [-0.25, -0.2) is 0 Å². The van der Waals surface area contributed by atoms with Crippen molar-refractivity contribution in [3.63, 3.8) is 0 Å². The van der Waals surface area contributed by atoms with Crippen LogP contribution in [0.2, 0.25) is 0 Å². The second-order valence-corrected chi connectivity index (χ2v) is 4.27. The lowest BCUT2D eigenvalue weighted by Crippen LogP contribution is -2.13. The molecule has 0 spiro atoms. The van der Waals surface area contributed by atoms with Crippen molar-refractivity contribution in [2.75, 3.05) is 14.2 Å². The van der Waals surface area contributed by atoms with Crippen molar-refractivity contribution in [3.8, 4) is 11.5 Å². The Morgan fingerprint density at radius 2 is 1.94 bits per heavy atom. The van der Waals surface area contributed by atoms with Gasteiger partial charge in [0.1, 0.15) is 0 Å². The minimum Gasteiger partial charge on any atom is -0.493 e. The van der Waals surface area contributed by atoms with E-state index in [1.165, 1.54) is 0 Å². The second-order valence-electron chi connectivity index (χ2n) is 4.27. The average Bonchev–Trinajstić information content (AvgIpc) is 3.13. The van der Waals surface area contributed by atoms with Crippen LogP contribution in [0.5, 0.6) is 11.5 Å². The Balaban J connectivity index is 2.34. The molecule has 2 rings (SSSR count). The maximum absolute atomic E-state index is 11.3. The summed E-state index contributed by atoms with van der Waals surface area (Å²) in [6.45, 7) is 0. The molecule has 0 heterocycles. The van der Waals surface area contributed by atoms with E-state index in [1.807, 2.05) is 0 Å². The zero-order valence-electron chi connectivity index (χ0n) is 9.97. The summed E-state index contributed by atoms with van der Waals surface area (Å²) in [5.74, 6) is 0.285. The summed E-state index contributed by atoms with van der Waals surface area (Å²) in [5, 5.41) is 9.26. The summed E-state index contributed by atoms with van der Waals surface area (Å²) >= 11 is 0. The Labute approximate surface area is 100 Å². The number of rotatable bonds is 5. The van der Waals surface area contributed by atoms with Crippen LogP contribution in [0.4, 0.5) is 0 Å². The van der Waals surface area contributed by atoms with Crippen molar-refractivity contribution in [3.05, 3.63) is 23.8 Å². The molecular formula is C13H16O4. The first-order valence-corrected chi connectivity index (χ1v) is 5.62. The van der Waals surface area contributed by atoms with E-state index >= 15 is 0 Å². The molecule has 0 unspecified atom stereocenters. The van der Waals surface area contributed by atoms with Gasteiger partial charge in [-0.15, -0.1) is 0 Å². The van der Waals surface area contributed by atoms with Crippen LogP contribution in [0.1, 0.15) is 24.3 Å². The number of hydrogen-bond donors (Lipinski definition) is 1. The highest BCUT2D eigenvalue weighted by Gasteiger charge is 2.37. The molecule has 0 amide bonds. The lowest BCUT2D eigenvalue weighted by molar-refractivity contribution is -0.139. The number of carboxylic acids is 1. The highest BCUT2D eigenvalue weighted by Crippen LogP contribution is 2.44. The molecule has 1 aliphatic rings. The SMILES string of the molecule is COc1ccc([C@H](C(=O)O)C2CC2)cc1OC. The summed E-state index contributed by atoms with van der Waals surface area (Å²) in [6, 6.07) is 5.32. The molecule has 0 radical (unpaired) electrons. The Bertz CT molecular complexity index is 423. The van der Waals surface area contributed by atoms with E-state index in [1.54, 1.807) is 32.4 Å². The third-order valence-electron chi connectivity index (χ3n) is 3.13. The van der Waals surface area contributed by atoms with Crippen molar-refractivity contribution < 1.29 is 19.4 Å². The standard InChI is InChI=1S/C13H16O4/c1-16-10-6-5-9(7-11(10)17-2)12(13(14)15)8-3-4-8/h5-8,12H,3-4H2,1-2H3,(H,14,15)/t12-/m1/s1. The molecule has 1 N–H and O–H groups in total. The molecule has 17 heavy (non-hydrogen) atoms. The molecule has 1 atom stereocenters. The van der Waals surface area contributed by atoms with Gasteiger partial charge in [-0.05, 0) is 36.5 Å². The van der Waals surface area contributed by atoms with Gasteiger partial charge in [-0.3, -0.25) is 4.79 Å². The minimum atomic E-state index is -0.764. The molecule has 0 aliphatic heterocycles. The number of benzene rings is 1. The molecule has 0 bridgehead atoms.